The molecule has 2 aromatic rings. The smallest absolute Gasteiger partial charge is 0.329 e. The van der Waals surface area contributed by atoms with Crippen molar-refractivity contribution in [3.8, 4) is 0 Å². The molecule has 0 amide bonds. The molecule has 212 valence electrons. The fourth-order valence-corrected chi connectivity index (χ4v) is 4.10. The number of nitrogens with one attached hydrogen (secondary N) is 2. The van der Waals surface area contributed by atoms with Crippen molar-refractivity contribution in [2.45, 2.75) is 91.4 Å². The average molecular weight is 529 g/mol. The van der Waals surface area contributed by atoms with Crippen LogP contribution in [0, 0.1) is 6.92 Å². The van der Waals surface area contributed by atoms with Gasteiger partial charge in [-0.1, -0.05) is 13.0 Å². The van der Waals surface area contributed by atoms with Gasteiger partial charge in [-0.15, -0.1) is 0 Å². The number of unbranched alkanes of at least 4 members (excludes halogenated alkanes) is 1. The highest BCUT2D eigenvalue weighted by molar-refractivity contribution is 5.79. The zero-order valence-electron chi connectivity index (χ0n) is 24.6. The Labute approximate surface area is 229 Å². The van der Waals surface area contributed by atoms with Crippen molar-refractivity contribution in [1.29, 1.82) is 0 Å². The zero-order chi connectivity index (χ0) is 28.1. The Hall–Kier alpha value is -2.78. The summed E-state index contributed by atoms with van der Waals surface area (Å²) < 4.78 is 11.2. The maximum absolute atomic E-state index is 13.0. The van der Waals surface area contributed by atoms with Gasteiger partial charge in [0.05, 0.1) is 6.10 Å². The largest absolute Gasteiger partial charge is 0.458 e. The first-order chi connectivity index (χ1) is 18.0. The first-order valence-corrected chi connectivity index (χ1v) is 13.7. The molecule has 9 heteroatoms. The van der Waals surface area contributed by atoms with Gasteiger partial charge in [-0.25, -0.2) is 19.7 Å². The maximum atomic E-state index is 13.0. The third kappa shape index (κ3) is 11.3. The number of rotatable bonds is 16. The van der Waals surface area contributed by atoms with Gasteiger partial charge in [-0.2, -0.15) is 0 Å². The number of nitrogens with zero attached hydrogens (tertiary/aromatic N) is 4. The van der Waals surface area contributed by atoms with Crippen LogP contribution in [-0.4, -0.2) is 77.4 Å². The summed E-state index contributed by atoms with van der Waals surface area (Å²) in [5.74, 6) is 1.09. The molecule has 2 heterocycles. The molecule has 0 aliphatic heterocycles. The lowest BCUT2D eigenvalue weighted by Crippen LogP contribution is -2.41. The van der Waals surface area contributed by atoms with Crippen molar-refractivity contribution in [1.82, 2.24) is 19.9 Å². The third-order valence-electron chi connectivity index (χ3n) is 6.24. The summed E-state index contributed by atoms with van der Waals surface area (Å²) in [5.41, 5.74) is 2.73. The second-order valence-electron chi connectivity index (χ2n) is 10.8. The van der Waals surface area contributed by atoms with Crippen LogP contribution in [0.3, 0.4) is 0 Å². The van der Waals surface area contributed by atoms with Gasteiger partial charge in [0.15, 0.2) is 0 Å². The lowest BCUT2D eigenvalue weighted by Gasteiger charge is -2.28. The standard InChI is InChI=1S/C29H48N6O3/c1-9-23-13-14-24(33-26(23)30-7)12-10-11-16-35(20-22(3)37-8)17-15-25(27(36)38-29(4,5)6)34-28-31-18-21(2)19-32-28/h13-14,18-19,22,25H,9-12,15-17,20H2,1-8H3,(H,30,33)(H,31,32,34)/t22-,25?/m1/s1. The van der Waals surface area contributed by atoms with Gasteiger partial charge in [-0.3, -0.25) is 0 Å². The van der Waals surface area contributed by atoms with Crippen LogP contribution in [0.2, 0.25) is 0 Å². The van der Waals surface area contributed by atoms with Crippen LogP contribution in [-0.2, 0) is 27.1 Å². The van der Waals surface area contributed by atoms with Crippen molar-refractivity contribution < 1.29 is 14.3 Å². The van der Waals surface area contributed by atoms with Crippen molar-refractivity contribution in [3.05, 3.63) is 41.3 Å². The Kier molecular flexibility index (Phi) is 12.9. The van der Waals surface area contributed by atoms with E-state index in [0.717, 1.165) is 55.8 Å². The number of carbonyl (C=O) groups excluding carboxylic acids is 1. The molecule has 0 aliphatic carbocycles. The van der Waals surface area contributed by atoms with Crippen LogP contribution < -0.4 is 10.6 Å². The molecule has 2 rings (SSSR count). The molecular formula is C29H48N6O3. The van der Waals surface area contributed by atoms with Crippen LogP contribution in [0.1, 0.15) is 70.7 Å². The van der Waals surface area contributed by atoms with Crippen LogP contribution in [0.15, 0.2) is 24.5 Å². The summed E-state index contributed by atoms with van der Waals surface area (Å²) in [4.78, 5) is 28.8. The van der Waals surface area contributed by atoms with Gasteiger partial charge >= 0.3 is 5.97 Å². The molecule has 9 nitrogen and oxygen atoms in total. The molecule has 2 N–H and O–H groups in total. The van der Waals surface area contributed by atoms with Crippen LogP contribution >= 0.6 is 0 Å². The SMILES string of the molecule is CCc1ccc(CCCCN(CCC(Nc2ncc(C)cn2)C(=O)OC(C)(C)C)C[C@@H](C)OC)nc1NC. The molecule has 2 aromatic heterocycles. The Morgan fingerprint density at radius 3 is 2.45 bits per heavy atom. The number of aryl methyl sites for hydroxylation is 3. The number of methoxy groups -OCH3 is 1. The van der Waals surface area contributed by atoms with E-state index in [2.05, 4.69) is 51.5 Å². The third-order valence-corrected chi connectivity index (χ3v) is 6.24. The molecule has 0 fully saturated rings. The number of hydrogen-bond donors (Lipinski definition) is 2. The van der Waals surface area contributed by atoms with Crippen molar-refractivity contribution >= 4 is 17.7 Å². The molecular weight excluding hydrogens is 480 g/mol. The number of ether oxygens (including phenoxy) is 2. The van der Waals surface area contributed by atoms with E-state index < -0.39 is 11.6 Å². The number of anilines is 2. The van der Waals surface area contributed by atoms with Gasteiger partial charge in [0, 0.05) is 45.3 Å². The molecule has 1 unspecified atom stereocenters. The number of esters is 1. The summed E-state index contributed by atoms with van der Waals surface area (Å²) in [6, 6.07) is 3.75. The summed E-state index contributed by atoms with van der Waals surface area (Å²) in [7, 11) is 3.65. The topological polar surface area (TPSA) is 102 Å². The normalized spacial score (nSPS) is 13.3. The minimum Gasteiger partial charge on any atom is -0.458 e. The number of aromatic nitrogens is 3. The van der Waals surface area contributed by atoms with E-state index in [0.29, 0.717) is 18.9 Å². The molecule has 0 aromatic carbocycles. The van der Waals surface area contributed by atoms with Gasteiger partial charge in [0.1, 0.15) is 17.5 Å². The van der Waals surface area contributed by atoms with Crippen LogP contribution in [0.5, 0.6) is 0 Å². The Morgan fingerprint density at radius 2 is 1.84 bits per heavy atom. The van der Waals surface area contributed by atoms with Gasteiger partial charge in [0.25, 0.3) is 0 Å². The maximum Gasteiger partial charge on any atom is 0.329 e. The number of pyridine rings is 1. The van der Waals surface area contributed by atoms with Crippen molar-refractivity contribution in [2.24, 2.45) is 0 Å². The first-order valence-electron chi connectivity index (χ1n) is 13.7. The molecule has 0 aliphatic rings. The highest BCUT2D eigenvalue weighted by Crippen LogP contribution is 2.16. The molecule has 0 bridgehead atoms. The van der Waals surface area contributed by atoms with E-state index in [-0.39, 0.29) is 12.1 Å². The van der Waals surface area contributed by atoms with Crippen LogP contribution in [0.25, 0.3) is 0 Å². The lowest BCUT2D eigenvalue weighted by atomic mass is 10.1. The average Bonchev–Trinajstić information content (AvgIpc) is 2.88. The second kappa shape index (κ2) is 15.6. The Morgan fingerprint density at radius 1 is 1.13 bits per heavy atom. The molecule has 38 heavy (non-hydrogen) atoms. The van der Waals surface area contributed by atoms with E-state index in [9.17, 15) is 4.79 Å². The quantitative estimate of drug-likeness (QED) is 0.238. The van der Waals surface area contributed by atoms with E-state index in [4.69, 9.17) is 14.5 Å². The molecule has 2 atom stereocenters. The molecule has 0 radical (unpaired) electrons. The lowest BCUT2D eigenvalue weighted by molar-refractivity contribution is -0.156. The molecule has 0 saturated carbocycles. The van der Waals surface area contributed by atoms with Crippen molar-refractivity contribution in [3.63, 3.8) is 0 Å². The Bertz CT molecular complexity index is 977. The zero-order valence-corrected chi connectivity index (χ0v) is 24.6. The highest BCUT2D eigenvalue weighted by Gasteiger charge is 2.26. The predicted molar refractivity (Wildman–Crippen MR) is 154 cm³/mol. The van der Waals surface area contributed by atoms with E-state index in [1.54, 1.807) is 19.5 Å². The van der Waals surface area contributed by atoms with E-state index in [1.165, 1.54) is 5.56 Å². The minimum atomic E-state index is -0.577. The minimum absolute atomic E-state index is 0.0878. The summed E-state index contributed by atoms with van der Waals surface area (Å²) in [6.45, 7) is 14.2. The fraction of sp³-hybridized carbons (Fsp3) is 0.655. The van der Waals surface area contributed by atoms with Gasteiger partial charge < -0.3 is 25.0 Å². The second-order valence-corrected chi connectivity index (χ2v) is 10.8. The highest BCUT2D eigenvalue weighted by atomic mass is 16.6. The number of hydrogen-bond acceptors (Lipinski definition) is 9. The fourth-order valence-electron chi connectivity index (χ4n) is 4.10. The molecule has 0 saturated heterocycles. The first kappa shape index (κ1) is 31.4. The van der Waals surface area contributed by atoms with Gasteiger partial charge in [0.2, 0.25) is 5.95 Å². The van der Waals surface area contributed by atoms with Crippen molar-refractivity contribution in [2.75, 3.05) is 44.4 Å². The van der Waals surface area contributed by atoms with E-state index >= 15 is 0 Å². The van der Waals surface area contributed by atoms with Gasteiger partial charge in [-0.05, 0) is 90.5 Å². The summed E-state index contributed by atoms with van der Waals surface area (Å²) in [5, 5.41) is 6.40. The van der Waals surface area contributed by atoms with E-state index in [1.807, 2.05) is 34.7 Å². The predicted octanol–water partition coefficient (Wildman–Crippen LogP) is 4.66. The summed E-state index contributed by atoms with van der Waals surface area (Å²) >= 11 is 0. The monoisotopic (exact) mass is 528 g/mol. The Balaban J connectivity index is 2.01. The number of carbonyl (C=O) groups is 1. The molecule has 0 spiro atoms. The summed E-state index contributed by atoms with van der Waals surface area (Å²) in [6.07, 6.45) is 8.07. The van der Waals surface area contributed by atoms with Crippen LogP contribution in [0.4, 0.5) is 11.8 Å².